The molecule has 1 N–H and O–H groups in total. The van der Waals surface area contributed by atoms with Crippen LogP contribution in [-0.4, -0.2) is 73.5 Å². The van der Waals surface area contributed by atoms with E-state index in [1.54, 1.807) is 45.0 Å². The van der Waals surface area contributed by atoms with Gasteiger partial charge in [-0.05, 0) is 25.3 Å². The van der Waals surface area contributed by atoms with Gasteiger partial charge in [0.15, 0.2) is 23.6 Å². The molecule has 0 radical (unpaired) electrons. The fourth-order valence-corrected chi connectivity index (χ4v) is 4.13. The van der Waals surface area contributed by atoms with Gasteiger partial charge in [0.05, 0.1) is 19.6 Å². The van der Waals surface area contributed by atoms with E-state index in [0.29, 0.717) is 6.42 Å². The van der Waals surface area contributed by atoms with Gasteiger partial charge in [-0.2, -0.15) is 0 Å². The highest BCUT2D eigenvalue weighted by Gasteiger charge is 2.42. The summed E-state index contributed by atoms with van der Waals surface area (Å²) in [6.07, 6.45) is -1.43. The Hall–Kier alpha value is -4.68. The number of nitrogens with one attached hydrogen (secondary N) is 1. The molecule has 1 fully saturated rings. The molecule has 2 aromatic rings. The van der Waals surface area contributed by atoms with Crippen molar-refractivity contribution in [1.82, 2.24) is 10.3 Å². The second kappa shape index (κ2) is 15.5. The normalized spacial score (nSPS) is 20.4. The van der Waals surface area contributed by atoms with Crippen LogP contribution in [0.1, 0.15) is 50.2 Å². The first-order valence-electron chi connectivity index (χ1n) is 13.9. The molecule has 3 rings (SSSR count). The van der Waals surface area contributed by atoms with E-state index in [9.17, 15) is 24.0 Å². The summed E-state index contributed by atoms with van der Waals surface area (Å²) in [4.78, 5) is 68.6. The smallest absolute Gasteiger partial charge is 0.493 e. The van der Waals surface area contributed by atoms with Crippen LogP contribution in [-0.2, 0) is 39.8 Å². The third kappa shape index (κ3) is 8.90. The molecular weight excluding hydrogens is 564 g/mol. The number of carbonyl (C=O) groups is 5. The van der Waals surface area contributed by atoms with E-state index < -0.39 is 72.4 Å². The molecule has 1 aliphatic rings. The Morgan fingerprint density at radius 3 is 2.47 bits per heavy atom. The van der Waals surface area contributed by atoms with Gasteiger partial charge in [-0.15, -0.1) is 0 Å². The third-order valence-electron chi connectivity index (χ3n) is 6.38. The van der Waals surface area contributed by atoms with Crippen molar-refractivity contribution >= 4 is 30.0 Å². The van der Waals surface area contributed by atoms with Crippen LogP contribution in [0.15, 0.2) is 42.6 Å². The third-order valence-corrected chi connectivity index (χ3v) is 6.38. The summed E-state index contributed by atoms with van der Waals surface area (Å²) in [5, 5.41) is 2.42. The zero-order valence-corrected chi connectivity index (χ0v) is 24.7. The number of methoxy groups -OCH3 is 1. The summed E-state index contributed by atoms with van der Waals surface area (Å²) >= 11 is 0. The van der Waals surface area contributed by atoms with E-state index in [0.717, 1.165) is 5.56 Å². The van der Waals surface area contributed by atoms with Crippen LogP contribution < -0.4 is 14.8 Å². The number of benzene rings is 1. The van der Waals surface area contributed by atoms with Gasteiger partial charge in [0.2, 0.25) is 5.75 Å². The number of aromatic nitrogens is 1. The van der Waals surface area contributed by atoms with E-state index >= 15 is 0 Å². The van der Waals surface area contributed by atoms with Gasteiger partial charge in [0, 0.05) is 12.3 Å². The number of rotatable bonds is 10. The van der Waals surface area contributed by atoms with E-state index in [1.165, 1.54) is 26.3 Å². The Labute approximate surface area is 249 Å². The summed E-state index contributed by atoms with van der Waals surface area (Å²) in [5.74, 6) is -5.11. The Balaban J connectivity index is 1.88. The lowest BCUT2D eigenvalue weighted by atomic mass is 9.91. The number of hydrogen-bond acceptors (Lipinski definition) is 12. The maximum atomic E-state index is 13.4. The van der Waals surface area contributed by atoms with E-state index in [4.69, 9.17) is 28.4 Å². The minimum absolute atomic E-state index is 0.00394. The summed E-state index contributed by atoms with van der Waals surface area (Å²) in [6, 6.07) is 8.91. The molecule has 0 saturated carbocycles. The molecule has 0 spiro atoms. The second-order valence-corrected chi connectivity index (χ2v) is 10.0. The molecule has 1 amide bonds. The highest BCUT2D eigenvalue weighted by atomic mass is 16.7. The van der Waals surface area contributed by atoms with Crippen molar-refractivity contribution in [2.24, 2.45) is 11.8 Å². The van der Waals surface area contributed by atoms with Crippen LogP contribution in [0.5, 0.6) is 11.5 Å². The first kappa shape index (κ1) is 32.8. The Bertz CT molecular complexity index is 1300. The van der Waals surface area contributed by atoms with Gasteiger partial charge < -0.3 is 33.7 Å². The molecule has 13 nitrogen and oxygen atoms in total. The Morgan fingerprint density at radius 1 is 1.09 bits per heavy atom. The molecule has 1 saturated heterocycles. The predicted octanol–water partition coefficient (Wildman–Crippen LogP) is 3.03. The topological polar surface area (TPSA) is 166 Å². The zero-order valence-electron chi connectivity index (χ0n) is 24.7. The molecule has 2 heterocycles. The van der Waals surface area contributed by atoms with Crippen LogP contribution >= 0.6 is 0 Å². The van der Waals surface area contributed by atoms with Gasteiger partial charge in [0.1, 0.15) is 18.6 Å². The van der Waals surface area contributed by atoms with Crippen molar-refractivity contribution in [3.05, 3.63) is 53.9 Å². The first-order chi connectivity index (χ1) is 20.5. The van der Waals surface area contributed by atoms with Crippen LogP contribution in [0.25, 0.3) is 0 Å². The van der Waals surface area contributed by atoms with Crippen molar-refractivity contribution in [3.63, 3.8) is 0 Å². The highest BCUT2D eigenvalue weighted by molar-refractivity contribution is 5.98. The van der Waals surface area contributed by atoms with Crippen LogP contribution in [0.2, 0.25) is 0 Å². The Kier molecular flexibility index (Phi) is 11.8. The van der Waals surface area contributed by atoms with E-state index in [2.05, 4.69) is 10.3 Å². The molecule has 1 aromatic heterocycles. The maximum absolute atomic E-state index is 13.4. The summed E-state index contributed by atoms with van der Waals surface area (Å²) in [5.41, 5.74) is 0.373. The molecule has 232 valence electrons. The molecule has 1 aromatic carbocycles. The van der Waals surface area contributed by atoms with E-state index in [1.807, 2.05) is 6.07 Å². The van der Waals surface area contributed by atoms with Crippen molar-refractivity contribution in [1.29, 1.82) is 0 Å². The molecule has 0 bridgehead atoms. The number of hydrogen-bond donors (Lipinski definition) is 1. The van der Waals surface area contributed by atoms with E-state index in [-0.39, 0.29) is 24.5 Å². The summed E-state index contributed by atoms with van der Waals surface area (Å²) < 4.78 is 32.1. The quantitative estimate of drug-likeness (QED) is 0.313. The minimum atomic E-state index is -1.48. The molecule has 43 heavy (non-hydrogen) atoms. The number of carbonyl (C=O) groups excluding carboxylic acids is 5. The van der Waals surface area contributed by atoms with Gasteiger partial charge in [-0.25, -0.2) is 14.6 Å². The largest absolute Gasteiger partial charge is 0.514 e. The number of ether oxygens (including phenoxy) is 6. The summed E-state index contributed by atoms with van der Waals surface area (Å²) in [7, 11) is 1.30. The van der Waals surface area contributed by atoms with Crippen LogP contribution in [0, 0.1) is 11.8 Å². The highest BCUT2D eigenvalue weighted by Crippen LogP contribution is 2.30. The lowest BCUT2D eigenvalue weighted by molar-refractivity contribution is -0.176. The lowest BCUT2D eigenvalue weighted by Crippen LogP contribution is -2.47. The van der Waals surface area contributed by atoms with Crippen LogP contribution in [0.4, 0.5) is 4.79 Å². The lowest BCUT2D eigenvalue weighted by Gasteiger charge is -2.29. The minimum Gasteiger partial charge on any atom is -0.493 e. The Morgan fingerprint density at radius 2 is 1.81 bits per heavy atom. The fourth-order valence-electron chi connectivity index (χ4n) is 4.13. The van der Waals surface area contributed by atoms with Gasteiger partial charge in [0.25, 0.3) is 5.91 Å². The van der Waals surface area contributed by atoms with Crippen molar-refractivity contribution in [2.75, 3.05) is 20.3 Å². The standard InChI is InChI=1S/C30H36N2O11/c1-6-14-39-30(37)43-25-22(38-5)12-13-31-23(25)26(33)32-21-16-40-28(35)20(15-19-10-8-7-9-11-19)24(18(4)41-29(21)36)42-27(34)17(2)3/h7-13,17-18,20-21,24H,6,14-16H2,1-5H3,(H,32,33)/t18-,20+,21-,24-/m0/s1. The maximum Gasteiger partial charge on any atom is 0.514 e. The molecule has 4 atom stereocenters. The molecule has 0 unspecified atom stereocenters. The average molecular weight is 601 g/mol. The van der Waals surface area contributed by atoms with Crippen LogP contribution in [0.3, 0.4) is 0 Å². The second-order valence-electron chi connectivity index (χ2n) is 10.0. The first-order valence-corrected chi connectivity index (χ1v) is 13.9. The SMILES string of the molecule is CCCOC(=O)Oc1c(OC)ccnc1C(=O)N[C@H]1COC(=O)[C@H](Cc2ccccc2)[C@@H](OC(=O)C(C)C)[C@H](C)OC1=O. The average Bonchev–Trinajstić information content (AvgIpc) is 3.02. The molecule has 1 aliphatic heterocycles. The number of nitrogens with zero attached hydrogens (tertiary/aromatic N) is 1. The monoisotopic (exact) mass is 600 g/mol. The number of esters is 3. The molecule has 0 aliphatic carbocycles. The fraction of sp³-hybridized carbons (Fsp3) is 0.467. The van der Waals surface area contributed by atoms with Gasteiger partial charge in [-0.3, -0.25) is 14.4 Å². The molecular formula is C30H36N2O11. The van der Waals surface area contributed by atoms with Gasteiger partial charge >= 0.3 is 24.1 Å². The van der Waals surface area contributed by atoms with Gasteiger partial charge in [-0.1, -0.05) is 51.1 Å². The zero-order chi connectivity index (χ0) is 31.5. The number of cyclic esters (lactones) is 2. The van der Waals surface area contributed by atoms with Crippen molar-refractivity contribution in [2.45, 2.75) is 58.8 Å². The summed E-state index contributed by atoms with van der Waals surface area (Å²) in [6.45, 7) is 6.05. The number of pyridine rings is 1. The number of amides is 1. The predicted molar refractivity (Wildman–Crippen MR) is 149 cm³/mol. The van der Waals surface area contributed by atoms with Crippen molar-refractivity contribution in [3.8, 4) is 11.5 Å². The molecule has 13 heteroatoms. The van der Waals surface area contributed by atoms with Crippen molar-refractivity contribution < 1.29 is 52.4 Å².